The molecule has 1 aromatic rings. The Morgan fingerprint density at radius 2 is 2.21 bits per heavy atom. The number of likely N-dealkylation sites (tertiary alicyclic amines) is 1. The molecule has 1 aromatic carbocycles. The first-order chi connectivity index (χ1) is 9.21. The molecule has 2 unspecified atom stereocenters. The number of hydrogen-bond donors (Lipinski definition) is 1. The number of nitrogens with two attached hydrogens (primary N) is 1. The van der Waals surface area contributed by atoms with Crippen LogP contribution in [-0.4, -0.2) is 38.8 Å². The molecule has 0 aromatic heterocycles. The van der Waals surface area contributed by atoms with Gasteiger partial charge in [0, 0.05) is 18.2 Å². The molecule has 19 heavy (non-hydrogen) atoms. The van der Waals surface area contributed by atoms with E-state index in [9.17, 15) is 0 Å². The van der Waals surface area contributed by atoms with E-state index in [2.05, 4.69) is 18.0 Å². The Labute approximate surface area is 115 Å². The quantitative estimate of drug-likeness (QED) is 0.884. The molecule has 0 aliphatic carbocycles. The van der Waals surface area contributed by atoms with E-state index < -0.39 is 0 Å². The minimum absolute atomic E-state index is 0.366. The van der Waals surface area contributed by atoms with E-state index in [-0.39, 0.29) is 0 Å². The zero-order valence-corrected chi connectivity index (χ0v) is 12.1. The van der Waals surface area contributed by atoms with Crippen LogP contribution in [0.25, 0.3) is 0 Å². The molecule has 4 nitrogen and oxygen atoms in total. The predicted octanol–water partition coefficient (Wildman–Crippen LogP) is 2.05. The van der Waals surface area contributed by atoms with Gasteiger partial charge in [0.15, 0.2) is 11.5 Å². The highest BCUT2D eigenvalue weighted by Crippen LogP contribution is 2.42. The van der Waals surface area contributed by atoms with Gasteiger partial charge in [-0.15, -0.1) is 0 Å². The highest BCUT2D eigenvalue weighted by molar-refractivity contribution is 5.48. The summed E-state index contributed by atoms with van der Waals surface area (Å²) in [5.74, 6) is 2.25. The van der Waals surface area contributed by atoms with E-state index in [0.29, 0.717) is 18.6 Å². The summed E-state index contributed by atoms with van der Waals surface area (Å²) < 4.78 is 11.2. The molecule has 2 N–H and O–H groups in total. The van der Waals surface area contributed by atoms with Gasteiger partial charge in [-0.05, 0) is 38.9 Å². The first kappa shape index (κ1) is 14.2. The third-order valence-electron chi connectivity index (χ3n) is 3.85. The first-order valence-corrected chi connectivity index (χ1v) is 6.91. The fourth-order valence-electron chi connectivity index (χ4n) is 2.89. The van der Waals surface area contributed by atoms with Crippen molar-refractivity contribution in [3.8, 4) is 11.5 Å². The van der Waals surface area contributed by atoms with Gasteiger partial charge in [0.2, 0.25) is 0 Å². The zero-order chi connectivity index (χ0) is 13.8. The maximum absolute atomic E-state index is 5.81. The van der Waals surface area contributed by atoms with Gasteiger partial charge in [-0.2, -0.15) is 0 Å². The van der Waals surface area contributed by atoms with E-state index >= 15 is 0 Å². The Morgan fingerprint density at radius 3 is 2.79 bits per heavy atom. The molecule has 2 rings (SSSR count). The Balaban J connectivity index is 2.33. The number of ether oxygens (including phenoxy) is 2. The molecule has 0 spiro atoms. The molecule has 4 heteroatoms. The second kappa shape index (κ2) is 6.26. The largest absolute Gasteiger partial charge is 0.493 e. The molecule has 0 radical (unpaired) electrons. The lowest BCUT2D eigenvalue weighted by Crippen LogP contribution is -2.21. The SMILES string of the molecule is CCOc1c(OC)cccc1C1CC(CN)CN1C. The molecule has 1 heterocycles. The van der Waals surface area contributed by atoms with Gasteiger partial charge in [0.1, 0.15) is 0 Å². The van der Waals surface area contributed by atoms with Crippen molar-refractivity contribution in [2.24, 2.45) is 11.7 Å². The molecule has 1 fully saturated rings. The van der Waals surface area contributed by atoms with Crippen molar-refractivity contribution in [2.75, 3.05) is 33.9 Å². The molecular formula is C15H24N2O2. The van der Waals surface area contributed by atoms with Crippen molar-refractivity contribution in [1.29, 1.82) is 0 Å². The van der Waals surface area contributed by atoms with Crippen LogP contribution in [-0.2, 0) is 0 Å². The zero-order valence-electron chi connectivity index (χ0n) is 12.1. The Hall–Kier alpha value is -1.26. The molecular weight excluding hydrogens is 240 g/mol. The van der Waals surface area contributed by atoms with Crippen molar-refractivity contribution in [3.63, 3.8) is 0 Å². The van der Waals surface area contributed by atoms with E-state index in [4.69, 9.17) is 15.2 Å². The van der Waals surface area contributed by atoms with Gasteiger partial charge in [-0.3, -0.25) is 4.90 Å². The minimum atomic E-state index is 0.366. The standard InChI is InChI=1S/C15H24N2O2/c1-4-19-15-12(6-5-7-14(15)18-3)13-8-11(9-16)10-17(13)2/h5-7,11,13H,4,8-10,16H2,1-3H3. The molecule has 0 bridgehead atoms. The van der Waals surface area contributed by atoms with E-state index in [1.165, 1.54) is 5.56 Å². The monoisotopic (exact) mass is 264 g/mol. The number of benzene rings is 1. The lowest BCUT2D eigenvalue weighted by Gasteiger charge is -2.23. The molecule has 1 saturated heterocycles. The highest BCUT2D eigenvalue weighted by Gasteiger charge is 2.32. The van der Waals surface area contributed by atoms with Gasteiger partial charge in [0.25, 0.3) is 0 Å². The van der Waals surface area contributed by atoms with E-state index in [1.807, 2.05) is 19.1 Å². The van der Waals surface area contributed by atoms with E-state index in [0.717, 1.165) is 31.0 Å². The van der Waals surface area contributed by atoms with E-state index in [1.54, 1.807) is 7.11 Å². The number of hydrogen-bond acceptors (Lipinski definition) is 4. The van der Waals surface area contributed by atoms with Crippen molar-refractivity contribution >= 4 is 0 Å². The van der Waals surface area contributed by atoms with Crippen LogP contribution in [0.4, 0.5) is 0 Å². The Kier molecular flexibility index (Phi) is 4.66. The molecule has 1 aliphatic heterocycles. The summed E-state index contributed by atoms with van der Waals surface area (Å²) >= 11 is 0. The topological polar surface area (TPSA) is 47.7 Å². The normalized spacial score (nSPS) is 23.6. The van der Waals surface area contributed by atoms with Crippen LogP contribution in [0.1, 0.15) is 24.9 Å². The van der Waals surface area contributed by atoms with Crippen LogP contribution in [0.15, 0.2) is 18.2 Å². The van der Waals surface area contributed by atoms with Crippen LogP contribution in [0.5, 0.6) is 11.5 Å². The van der Waals surface area contributed by atoms with Crippen LogP contribution in [0, 0.1) is 5.92 Å². The van der Waals surface area contributed by atoms with Crippen molar-refractivity contribution in [1.82, 2.24) is 4.90 Å². The molecule has 2 atom stereocenters. The lowest BCUT2D eigenvalue weighted by atomic mass is 9.99. The molecule has 1 aliphatic rings. The van der Waals surface area contributed by atoms with Crippen molar-refractivity contribution < 1.29 is 9.47 Å². The summed E-state index contributed by atoms with van der Waals surface area (Å²) in [5.41, 5.74) is 7.01. The summed E-state index contributed by atoms with van der Waals surface area (Å²) in [5, 5.41) is 0. The second-order valence-electron chi connectivity index (χ2n) is 5.10. The molecule has 0 saturated carbocycles. The minimum Gasteiger partial charge on any atom is -0.493 e. The number of methoxy groups -OCH3 is 1. The lowest BCUT2D eigenvalue weighted by molar-refractivity contribution is 0.278. The average Bonchev–Trinajstić information content (AvgIpc) is 2.80. The number of para-hydroxylation sites is 1. The first-order valence-electron chi connectivity index (χ1n) is 6.91. The third-order valence-corrected chi connectivity index (χ3v) is 3.85. The smallest absolute Gasteiger partial charge is 0.165 e. The summed E-state index contributed by atoms with van der Waals surface area (Å²) in [6.07, 6.45) is 1.08. The molecule has 0 amide bonds. The number of rotatable bonds is 5. The average molecular weight is 264 g/mol. The van der Waals surface area contributed by atoms with Gasteiger partial charge in [-0.25, -0.2) is 0 Å². The summed E-state index contributed by atoms with van der Waals surface area (Å²) in [4.78, 5) is 2.36. The van der Waals surface area contributed by atoms with Gasteiger partial charge < -0.3 is 15.2 Å². The fourth-order valence-corrected chi connectivity index (χ4v) is 2.89. The van der Waals surface area contributed by atoms with Crippen molar-refractivity contribution in [3.05, 3.63) is 23.8 Å². The Morgan fingerprint density at radius 1 is 1.42 bits per heavy atom. The highest BCUT2D eigenvalue weighted by atomic mass is 16.5. The second-order valence-corrected chi connectivity index (χ2v) is 5.10. The summed E-state index contributed by atoms with van der Waals surface area (Å²) in [6.45, 7) is 4.43. The van der Waals surface area contributed by atoms with Crippen LogP contribution in [0.2, 0.25) is 0 Å². The van der Waals surface area contributed by atoms with Gasteiger partial charge in [-0.1, -0.05) is 12.1 Å². The summed E-state index contributed by atoms with van der Waals surface area (Å²) in [6, 6.07) is 6.47. The maximum Gasteiger partial charge on any atom is 0.165 e. The third kappa shape index (κ3) is 2.85. The fraction of sp³-hybridized carbons (Fsp3) is 0.600. The summed E-state index contributed by atoms with van der Waals surface area (Å²) in [7, 11) is 3.83. The van der Waals surface area contributed by atoms with Crippen molar-refractivity contribution in [2.45, 2.75) is 19.4 Å². The maximum atomic E-state index is 5.81. The number of nitrogens with zero attached hydrogens (tertiary/aromatic N) is 1. The van der Waals surface area contributed by atoms with Crippen LogP contribution < -0.4 is 15.2 Å². The van der Waals surface area contributed by atoms with Crippen LogP contribution >= 0.6 is 0 Å². The van der Waals surface area contributed by atoms with Crippen LogP contribution in [0.3, 0.4) is 0 Å². The predicted molar refractivity (Wildman–Crippen MR) is 76.7 cm³/mol. The Bertz CT molecular complexity index is 423. The molecule has 106 valence electrons. The van der Waals surface area contributed by atoms with Gasteiger partial charge >= 0.3 is 0 Å². The van der Waals surface area contributed by atoms with Gasteiger partial charge in [0.05, 0.1) is 13.7 Å².